The number of carbonyl (C=O) groups is 1. The number of aryl methyl sites for hydroxylation is 2. The van der Waals surface area contributed by atoms with Crippen LogP contribution in [0, 0.1) is 13.8 Å². The van der Waals surface area contributed by atoms with Gasteiger partial charge in [0.05, 0.1) is 5.60 Å². The third-order valence-corrected chi connectivity index (χ3v) is 2.04. The molecular formula is C14H21NO3. The van der Waals surface area contributed by atoms with Crippen molar-refractivity contribution in [1.82, 2.24) is 5.48 Å². The fourth-order valence-electron chi connectivity index (χ4n) is 1.40. The van der Waals surface area contributed by atoms with E-state index < -0.39 is 5.60 Å². The fourth-order valence-corrected chi connectivity index (χ4v) is 1.40. The minimum Gasteiger partial charge on any atom is -0.484 e. The van der Waals surface area contributed by atoms with Crippen molar-refractivity contribution in [2.75, 3.05) is 6.61 Å². The summed E-state index contributed by atoms with van der Waals surface area (Å²) in [5, 5.41) is 0. The van der Waals surface area contributed by atoms with Gasteiger partial charge in [0.1, 0.15) is 5.75 Å². The van der Waals surface area contributed by atoms with Crippen LogP contribution in [0.5, 0.6) is 5.75 Å². The molecule has 0 bridgehead atoms. The van der Waals surface area contributed by atoms with Crippen molar-refractivity contribution in [3.05, 3.63) is 29.3 Å². The third kappa shape index (κ3) is 5.68. The van der Waals surface area contributed by atoms with Gasteiger partial charge in [-0.25, -0.2) is 5.48 Å². The van der Waals surface area contributed by atoms with Gasteiger partial charge < -0.3 is 4.74 Å². The molecule has 0 aromatic heterocycles. The Balaban J connectivity index is 2.43. The smallest absolute Gasteiger partial charge is 0.281 e. The van der Waals surface area contributed by atoms with Gasteiger partial charge >= 0.3 is 0 Å². The molecule has 4 nitrogen and oxygen atoms in total. The Morgan fingerprint density at radius 3 is 2.22 bits per heavy atom. The van der Waals surface area contributed by atoms with Crippen molar-refractivity contribution in [1.29, 1.82) is 0 Å². The SMILES string of the molecule is Cc1cc(C)cc(OCC(=O)NOC(C)(C)C)c1. The minimum atomic E-state index is -0.407. The molecule has 0 heterocycles. The average Bonchev–Trinajstić information content (AvgIpc) is 2.21. The van der Waals surface area contributed by atoms with E-state index in [2.05, 4.69) is 11.5 Å². The second-order valence-electron chi connectivity index (χ2n) is 5.35. The molecule has 1 aromatic rings. The molecule has 0 aliphatic carbocycles. The van der Waals surface area contributed by atoms with E-state index >= 15 is 0 Å². The zero-order valence-corrected chi connectivity index (χ0v) is 11.7. The maximum Gasteiger partial charge on any atom is 0.281 e. The molecule has 0 fully saturated rings. The van der Waals surface area contributed by atoms with E-state index in [0.717, 1.165) is 11.1 Å². The molecule has 0 unspecified atom stereocenters. The van der Waals surface area contributed by atoms with Crippen LogP contribution in [0.4, 0.5) is 0 Å². The molecule has 1 rings (SSSR count). The van der Waals surface area contributed by atoms with Crippen LogP contribution in [0.1, 0.15) is 31.9 Å². The van der Waals surface area contributed by atoms with Gasteiger partial charge in [0, 0.05) is 0 Å². The summed E-state index contributed by atoms with van der Waals surface area (Å²) < 4.78 is 5.40. The molecular weight excluding hydrogens is 230 g/mol. The minimum absolute atomic E-state index is 0.0566. The van der Waals surface area contributed by atoms with E-state index in [-0.39, 0.29) is 12.5 Å². The van der Waals surface area contributed by atoms with Crippen LogP contribution >= 0.6 is 0 Å². The first-order chi connectivity index (χ1) is 8.26. The Morgan fingerprint density at radius 2 is 1.72 bits per heavy atom. The maximum absolute atomic E-state index is 11.5. The predicted molar refractivity (Wildman–Crippen MR) is 70.4 cm³/mol. The molecule has 0 radical (unpaired) electrons. The first-order valence-electron chi connectivity index (χ1n) is 5.94. The number of benzene rings is 1. The summed E-state index contributed by atoms with van der Waals surface area (Å²) in [5.41, 5.74) is 4.17. The van der Waals surface area contributed by atoms with Crippen LogP contribution < -0.4 is 10.2 Å². The summed E-state index contributed by atoms with van der Waals surface area (Å²) in [5.74, 6) is 0.391. The lowest BCUT2D eigenvalue weighted by Crippen LogP contribution is -2.36. The number of hydrogen-bond acceptors (Lipinski definition) is 3. The lowest BCUT2D eigenvalue weighted by Gasteiger charge is -2.19. The standard InChI is InChI=1S/C14H21NO3/c1-10-6-11(2)8-12(7-10)17-9-13(16)15-18-14(3,4)5/h6-8H,9H2,1-5H3,(H,15,16). The van der Waals surface area contributed by atoms with E-state index in [1.54, 1.807) is 0 Å². The van der Waals surface area contributed by atoms with Gasteiger partial charge in [-0.15, -0.1) is 0 Å². The normalized spacial score (nSPS) is 11.2. The van der Waals surface area contributed by atoms with Gasteiger partial charge in [-0.05, 0) is 57.9 Å². The highest BCUT2D eigenvalue weighted by Gasteiger charge is 2.13. The van der Waals surface area contributed by atoms with Gasteiger partial charge in [0.2, 0.25) is 0 Å². The van der Waals surface area contributed by atoms with Crippen LogP contribution in [0.2, 0.25) is 0 Å². The summed E-state index contributed by atoms with van der Waals surface area (Å²) >= 11 is 0. The molecule has 1 N–H and O–H groups in total. The number of hydrogen-bond donors (Lipinski definition) is 1. The first kappa shape index (κ1) is 14.5. The molecule has 4 heteroatoms. The van der Waals surface area contributed by atoms with Crippen molar-refractivity contribution in [3.8, 4) is 5.75 Å². The van der Waals surface area contributed by atoms with Gasteiger partial charge in [-0.1, -0.05) is 6.07 Å². The monoisotopic (exact) mass is 251 g/mol. The molecule has 0 spiro atoms. The number of hydroxylamine groups is 1. The first-order valence-corrected chi connectivity index (χ1v) is 5.94. The zero-order valence-electron chi connectivity index (χ0n) is 11.7. The molecule has 1 aromatic carbocycles. The Bertz CT molecular complexity index is 401. The number of nitrogens with one attached hydrogen (secondary N) is 1. The third-order valence-electron chi connectivity index (χ3n) is 2.04. The highest BCUT2D eigenvalue weighted by molar-refractivity contribution is 5.76. The van der Waals surface area contributed by atoms with E-state index in [0.29, 0.717) is 5.75 Å². The second kappa shape index (κ2) is 5.87. The summed E-state index contributed by atoms with van der Waals surface area (Å²) in [6.45, 7) is 9.50. The quantitative estimate of drug-likeness (QED) is 0.836. The van der Waals surface area contributed by atoms with E-state index in [9.17, 15) is 4.79 Å². The number of ether oxygens (including phenoxy) is 1. The van der Waals surface area contributed by atoms with Crippen LogP contribution in [-0.4, -0.2) is 18.1 Å². The summed E-state index contributed by atoms with van der Waals surface area (Å²) in [6.07, 6.45) is 0. The molecule has 18 heavy (non-hydrogen) atoms. The molecule has 0 atom stereocenters. The Kier molecular flexibility index (Phi) is 4.73. The van der Waals surface area contributed by atoms with Gasteiger partial charge in [0.15, 0.2) is 6.61 Å². The topological polar surface area (TPSA) is 47.6 Å². The lowest BCUT2D eigenvalue weighted by molar-refractivity contribution is -0.147. The second-order valence-corrected chi connectivity index (χ2v) is 5.35. The molecule has 0 saturated carbocycles. The predicted octanol–water partition coefficient (Wildman–Crippen LogP) is 2.53. The number of carbonyl (C=O) groups excluding carboxylic acids is 1. The molecule has 100 valence electrons. The highest BCUT2D eigenvalue weighted by atomic mass is 16.7. The van der Waals surface area contributed by atoms with E-state index in [1.165, 1.54) is 0 Å². The maximum atomic E-state index is 11.5. The fraction of sp³-hybridized carbons (Fsp3) is 0.500. The molecule has 0 aliphatic rings. The van der Waals surface area contributed by atoms with Crippen molar-refractivity contribution >= 4 is 5.91 Å². The Labute approximate surface area is 108 Å². The van der Waals surface area contributed by atoms with Crippen LogP contribution in [0.25, 0.3) is 0 Å². The Morgan fingerprint density at radius 1 is 1.17 bits per heavy atom. The summed E-state index contributed by atoms with van der Waals surface area (Å²) in [6, 6.07) is 5.84. The lowest BCUT2D eigenvalue weighted by atomic mass is 10.1. The van der Waals surface area contributed by atoms with Gasteiger partial charge in [0.25, 0.3) is 5.91 Å². The summed E-state index contributed by atoms with van der Waals surface area (Å²) in [7, 11) is 0. The van der Waals surface area contributed by atoms with E-state index in [1.807, 2.05) is 46.8 Å². The zero-order chi connectivity index (χ0) is 13.8. The number of amides is 1. The van der Waals surface area contributed by atoms with Crippen molar-refractivity contribution in [2.24, 2.45) is 0 Å². The van der Waals surface area contributed by atoms with Crippen molar-refractivity contribution in [2.45, 2.75) is 40.2 Å². The van der Waals surface area contributed by atoms with Crippen molar-refractivity contribution in [3.63, 3.8) is 0 Å². The number of rotatable bonds is 4. The molecule has 0 aliphatic heterocycles. The van der Waals surface area contributed by atoms with Crippen LogP contribution in [0.15, 0.2) is 18.2 Å². The van der Waals surface area contributed by atoms with Gasteiger partial charge in [-0.3, -0.25) is 9.63 Å². The highest BCUT2D eigenvalue weighted by Crippen LogP contribution is 2.15. The molecule has 1 amide bonds. The van der Waals surface area contributed by atoms with Crippen LogP contribution in [0.3, 0.4) is 0 Å². The Hall–Kier alpha value is -1.55. The van der Waals surface area contributed by atoms with Crippen molar-refractivity contribution < 1.29 is 14.4 Å². The molecule has 0 saturated heterocycles. The largest absolute Gasteiger partial charge is 0.484 e. The van der Waals surface area contributed by atoms with Crippen LogP contribution in [-0.2, 0) is 9.63 Å². The summed E-state index contributed by atoms with van der Waals surface area (Å²) in [4.78, 5) is 16.6. The van der Waals surface area contributed by atoms with E-state index in [4.69, 9.17) is 9.57 Å². The average molecular weight is 251 g/mol. The van der Waals surface area contributed by atoms with Gasteiger partial charge in [-0.2, -0.15) is 0 Å².